The Morgan fingerprint density at radius 2 is 1.62 bits per heavy atom. The summed E-state index contributed by atoms with van der Waals surface area (Å²) in [5, 5.41) is 11.2. The second-order valence-corrected chi connectivity index (χ2v) is 4.78. The van der Waals surface area contributed by atoms with Crippen molar-refractivity contribution in [3.8, 4) is 11.3 Å². The molecule has 0 atom stereocenters. The lowest BCUT2D eigenvalue weighted by Crippen LogP contribution is -2.01. The first-order chi connectivity index (χ1) is 10.3. The zero-order chi connectivity index (χ0) is 14.7. The van der Waals surface area contributed by atoms with Gasteiger partial charge in [0, 0.05) is 18.8 Å². The Morgan fingerprint density at radius 1 is 0.905 bits per heavy atom. The Kier molecular flexibility index (Phi) is 3.51. The van der Waals surface area contributed by atoms with Gasteiger partial charge in [0.25, 0.3) is 5.69 Å². The molecule has 0 N–H and O–H groups in total. The van der Waals surface area contributed by atoms with E-state index in [0.717, 1.165) is 11.3 Å². The Labute approximate surface area is 122 Å². The zero-order valence-electron chi connectivity index (χ0n) is 11.3. The largest absolute Gasteiger partial charge is 0.343 e. The molecule has 0 saturated heterocycles. The molecule has 0 fully saturated rings. The van der Waals surface area contributed by atoms with Gasteiger partial charge in [0.05, 0.1) is 16.2 Å². The lowest BCUT2D eigenvalue weighted by atomic mass is 10.1. The number of aromatic nitrogens is 1. The molecule has 1 heterocycles. The fourth-order valence-corrected chi connectivity index (χ4v) is 2.43. The summed E-state index contributed by atoms with van der Waals surface area (Å²) in [6, 6.07) is 20.7. The van der Waals surface area contributed by atoms with Gasteiger partial charge in [-0.3, -0.25) is 10.1 Å². The number of nitrogens with zero attached hydrogens (tertiary/aromatic N) is 2. The number of rotatable bonds is 4. The number of benzene rings is 2. The summed E-state index contributed by atoms with van der Waals surface area (Å²) >= 11 is 0. The highest BCUT2D eigenvalue weighted by molar-refractivity contribution is 5.71. The second-order valence-electron chi connectivity index (χ2n) is 4.78. The molecule has 3 aromatic rings. The summed E-state index contributed by atoms with van der Waals surface area (Å²) in [4.78, 5) is 10.8. The molecule has 4 heteroatoms. The maximum Gasteiger partial charge on any atom is 0.278 e. The van der Waals surface area contributed by atoms with E-state index in [4.69, 9.17) is 0 Å². The first kappa shape index (κ1) is 13.1. The van der Waals surface area contributed by atoms with Gasteiger partial charge in [0.15, 0.2) is 0 Å². The standard InChI is InChI=1S/C17H14N2O2/c20-19(21)17-10-5-4-9-15(17)16-11-6-12-18(16)13-14-7-2-1-3-8-14/h1-12H,13H2. The highest BCUT2D eigenvalue weighted by Crippen LogP contribution is 2.30. The van der Waals surface area contributed by atoms with Crippen LogP contribution >= 0.6 is 0 Å². The third-order valence-electron chi connectivity index (χ3n) is 3.40. The van der Waals surface area contributed by atoms with Crippen molar-refractivity contribution in [2.75, 3.05) is 0 Å². The SMILES string of the molecule is O=[N+]([O-])c1ccccc1-c1cccn1Cc1ccccc1. The lowest BCUT2D eigenvalue weighted by Gasteiger charge is -2.10. The maximum atomic E-state index is 11.2. The van der Waals surface area contributed by atoms with Crippen LogP contribution in [0.2, 0.25) is 0 Å². The van der Waals surface area contributed by atoms with Crippen LogP contribution in [0.4, 0.5) is 5.69 Å². The summed E-state index contributed by atoms with van der Waals surface area (Å²) in [5.74, 6) is 0. The maximum absolute atomic E-state index is 11.2. The monoisotopic (exact) mass is 278 g/mol. The molecule has 0 unspecified atom stereocenters. The lowest BCUT2D eigenvalue weighted by molar-refractivity contribution is -0.384. The summed E-state index contributed by atoms with van der Waals surface area (Å²) in [7, 11) is 0. The summed E-state index contributed by atoms with van der Waals surface area (Å²) < 4.78 is 2.03. The minimum atomic E-state index is -0.338. The van der Waals surface area contributed by atoms with E-state index < -0.39 is 0 Å². The molecule has 0 amide bonds. The minimum Gasteiger partial charge on any atom is -0.343 e. The first-order valence-corrected chi connectivity index (χ1v) is 6.68. The molecule has 3 rings (SSSR count). The highest BCUT2D eigenvalue weighted by atomic mass is 16.6. The van der Waals surface area contributed by atoms with E-state index in [9.17, 15) is 10.1 Å². The molecule has 2 aromatic carbocycles. The van der Waals surface area contributed by atoms with Crippen molar-refractivity contribution in [3.05, 3.63) is 88.6 Å². The van der Waals surface area contributed by atoms with Gasteiger partial charge in [-0.05, 0) is 23.8 Å². The normalized spacial score (nSPS) is 10.5. The number of para-hydroxylation sites is 1. The average Bonchev–Trinajstić information content (AvgIpc) is 2.96. The Hall–Kier alpha value is -2.88. The van der Waals surface area contributed by atoms with Crippen LogP contribution in [0.1, 0.15) is 5.56 Å². The van der Waals surface area contributed by atoms with E-state index in [1.807, 2.05) is 59.3 Å². The van der Waals surface area contributed by atoms with E-state index in [-0.39, 0.29) is 10.6 Å². The number of nitro groups is 1. The topological polar surface area (TPSA) is 48.1 Å². The van der Waals surface area contributed by atoms with Crippen LogP contribution in [-0.4, -0.2) is 9.49 Å². The van der Waals surface area contributed by atoms with Gasteiger partial charge in [0.1, 0.15) is 0 Å². The fourth-order valence-electron chi connectivity index (χ4n) is 2.43. The molecule has 0 aliphatic heterocycles. The molecule has 0 bridgehead atoms. The summed E-state index contributed by atoms with van der Waals surface area (Å²) in [6.07, 6.45) is 1.94. The van der Waals surface area contributed by atoms with Crippen molar-refractivity contribution in [1.29, 1.82) is 0 Å². The Balaban J connectivity index is 2.02. The molecule has 4 nitrogen and oxygen atoms in total. The van der Waals surface area contributed by atoms with Crippen molar-refractivity contribution in [1.82, 2.24) is 4.57 Å². The van der Waals surface area contributed by atoms with Crippen LogP contribution in [0.3, 0.4) is 0 Å². The predicted molar refractivity (Wildman–Crippen MR) is 82.1 cm³/mol. The van der Waals surface area contributed by atoms with Crippen LogP contribution in [0, 0.1) is 10.1 Å². The van der Waals surface area contributed by atoms with Crippen LogP contribution in [0.15, 0.2) is 72.9 Å². The molecule has 0 radical (unpaired) electrons. The number of nitro benzene ring substituents is 1. The zero-order valence-corrected chi connectivity index (χ0v) is 11.3. The third kappa shape index (κ3) is 2.69. The van der Waals surface area contributed by atoms with Crippen LogP contribution in [-0.2, 0) is 6.54 Å². The molecular formula is C17H14N2O2. The highest BCUT2D eigenvalue weighted by Gasteiger charge is 2.16. The fraction of sp³-hybridized carbons (Fsp3) is 0.0588. The molecule has 0 aliphatic rings. The average molecular weight is 278 g/mol. The van der Waals surface area contributed by atoms with Gasteiger partial charge in [-0.25, -0.2) is 0 Å². The molecule has 0 aliphatic carbocycles. The van der Waals surface area contributed by atoms with Gasteiger partial charge in [-0.1, -0.05) is 42.5 Å². The Bertz CT molecular complexity index is 763. The summed E-state index contributed by atoms with van der Waals surface area (Å²) in [5.41, 5.74) is 2.79. The van der Waals surface area contributed by atoms with Gasteiger partial charge in [-0.2, -0.15) is 0 Å². The van der Waals surface area contributed by atoms with Crippen LogP contribution in [0.5, 0.6) is 0 Å². The van der Waals surface area contributed by atoms with E-state index >= 15 is 0 Å². The van der Waals surface area contributed by atoms with E-state index in [1.54, 1.807) is 12.1 Å². The molecule has 0 spiro atoms. The first-order valence-electron chi connectivity index (χ1n) is 6.68. The van der Waals surface area contributed by atoms with Gasteiger partial charge in [-0.15, -0.1) is 0 Å². The minimum absolute atomic E-state index is 0.130. The van der Waals surface area contributed by atoms with E-state index in [0.29, 0.717) is 12.1 Å². The smallest absolute Gasteiger partial charge is 0.278 e. The summed E-state index contributed by atoms with van der Waals surface area (Å²) in [6.45, 7) is 0.690. The second kappa shape index (κ2) is 5.63. The van der Waals surface area contributed by atoms with E-state index in [1.165, 1.54) is 6.07 Å². The molecule has 0 saturated carbocycles. The van der Waals surface area contributed by atoms with Crippen LogP contribution < -0.4 is 0 Å². The van der Waals surface area contributed by atoms with Crippen LogP contribution in [0.25, 0.3) is 11.3 Å². The molecule has 21 heavy (non-hydrogen) atoms. The van der Waals surface area contributed by atoms with Crippen molar-refractivity contribution in [2.45, 2.75) is 6.54 Å². The number of hydrogen-bond acceptors (Lipinski definition) is 2. The van der Waals surface area contributed by atoms with E-state index in [2.05, 4.69) is 0 Å². The predicted octanol–water partition coefficient (Wildman–Crippen LogP) is 4.11. The quantitative estimate of drug-likeness (QED) is 0.532. The third-order valence-corrected chi connectivity index (χ3v) is 3.40. The van der Waals surface area contributed by atoms with Crippen molar-refractivity contribution >= 4 is 5.69 Å². The van der Waals surface area contributed by atoms with Crippen molar-refractivity contribution in [2.24, 2.45) is 0 Å². The van der Waals surface area contributed by atoms with Crippen molar-refractivity contribution in [3.63, 3.8) is 0 Å². The molecule has 1 aromatic heterocycles. The number of hydrogen-bond donors (Lipinski definition) is 0. The van der Waals surface area contributed by atoms with Gasteiger partial charge in [0.2, 0.25) is 0 Å². The molecular weight excluding hydrogens is 264 g/mol. The van der Waals surface area contributed by atoms with Gasteiger partial charge < -0.3 is 4.57 Å². The van der Waals surface area contributed by atoms with Gasteiger partial charge >= 0.3 is 0 Å². The Morgan fingerprint density at radius 3 is 2.38 bits per heavy atom. The molecule has 104 valence electrons. The van der Waals surface area contributed by atoms with Crippen molar-refractivity contribution < 1.29 is 4.92 Å².